The highest BCUT2D eigenvalue weighted by atomic mass is 79.9. The number of Topliss-reactive ketones (excluding diaryl/α,β-unsaturated/α-hetero) is 1. The molecule has 2 rings (SSSR count). The van der Waals surface area contributed by atoms with E-state index in [0.29, 0.717) is 5.56 Å². The average molecular weight is 321 g/mol. The topological polar surface area (TPSA) is 53.5 Å². The van der Waals surface area contributed by atoms with Gasteiger partial charge in [0.2, 0.25) is 12.3 Å². The second kappa shape index (κ2) is 7.43. The molecule has 1 aromatic heterocycles. The number of pyridine rings is 1. The fourth-order valence-corrected chi connectivity index (χ4v) is 1.66. The summed E-state index contributed by atoms with van der Waals surface area (Å²) in [5.41, 5.74) is 1.42. The Kier molecular flexibility index (Phi) is 5.89. The van der Waals surface area contributed by atoms with Gasteiger partial charge in [-0.1, -0.05) is 35.5 Å². The number of ketones is 1. The van der Waals surface area contributed by atoms with E-state index < -0.39 is 0 Å². The summed E-state index contributed by atoms with van der Waals surface area (Å²) in [6.45, 7) is 0.261. The predicted molar refractivity (Wildman–Crippen MR) is 66.8 cm³/mol. The Bertz CT molecular complexity index is 571. The van der Waals surface area contributed by atoms with Crippen LogP contribution < -0.4 is 21.5 Å². The first-order valence-corrected chi connectivity index (χ1v) is 5.54. The summed E-state index contributed by atoms with van der Waals surface area (Å²) in [7, 11) is 0. The molecule has 2 aromatic rings. The number of hydrogen-bond acceptors (Lipinski definition) is 3. The molecule has 0 fully saturated rings. The molecular formula is C14H13BrN2O2. The molecule has 0 aliphatic carbocycles. The smallest absolute Gasteiger partial charge is 0.227 e. The van der Waals surface area contributed by atoms with Crippen LogP contribution in [0.25, 0.3) is 0 Å². The first-order valence-electron chi connectivity index (χ1n) is 5.54. The lowest BCUT2D eigenvalue weighted by Crippen LogP contribution is -3.00. The SMILES string of the molecule is O=C(C[n+]1cccc(C=NO)c1)c1ccccc1.[Br-]. The van der Waals surface area contributed by atoms with E-state index in [9.17, 15) is 4.79 Å². The number of oxime groups is 1. The maximum atomic E-state index is 12.0. The lowest BCUT2D eigenvalue weighted by atomic mass is 10.1. The summed E-state index contributed by atoms with van der Waals surface area (Å²) < 4.78 is 1.76. The highest BCUT2D eigenvalue weighted by Gasteiger charge is 2.11. The van der Waals surface area contributed by atoms with Gasteiger partial charge in [0, 0.05) is 11.6 Å². The van der Waals surface area contributed by atoms with Gasteiger partial charge in [-0.15, -0.1) is 0 Å². The van der Waals surface area contributed by atoms with E-state index in [1.165, 1.54) is 6.21 Å². The molecule has 1 N–H and O–H groups in total. The lowest BCUT2D eigenvalue weighted by molar-refractivity contribution is -0.683. The molecular weight excluding hydrogens is 308 g/mol. The number of aromatic nitrogens is 1. The number of carbonyl (C=O) groups excluding carboxylic acids is 1. The van der Waals surface area contributed by atoms with Gasteiger partial charge in [-0.05, 0) is 6.07 Å². The van der Waals surface area contributed by atoms with Gasteiger partial charge in [0.05, 0.1) is 11.8 Å². The standard InChI is InChI=1S/C14H12N2O2.BrH/c17-14(13-6-2-1-3-7-13)11-16-8-4-5-12(10-16)9-15-18;/h1-10H,11H2;1H. The summed E-state index contributed by atoms with van der Waals surface area (Å²) in [6.07, 6.45) is 4.87. The molecule has 0 unspecified atom stereocenters. The van der Waals surface area contributed by atoms with Gasteiger partial charge in [-0.25, -0.2) is 0 Å². The molecule has 0 aliphatic rings. The fraction of sp³-hybridized carbons (Fsp3) is 0.0714. The zero-order chi connectivity index (χ0) is 12.8. The van der Waals surface area contributed by atoms with Crippen LogP contribution in [-0.4, -0.2) is 17.2 Å². The van der Waals surface area contributed by atoms with Crippen LogP contribution in [0.5, 0.6) is 0 Å². The second-order valence-corrected chi connectivity index (χ2v) is 3.84. The Balaban J connectivity index is 0.00000180. The van der Waals surface area contributed by atoms with Crippen LogP contribution in [0.15, 0.2) is 60.0 Å². The Hall–Kier alpha value is -2.01. The number of carbonyl (C=O) groups is 1. The van der Waals surface area contributed by atoms with E-state index in [1.807, 2.05) is 18.2 Å². The van der Waals surface area contributed by atoms with Crippen molar-refractivity contribution in [3.63, 3.8) is 0 Å². The maximum absolute atomic E-state index is 12.0. The minimum Gasteiger partial charge on any atom is -1.00 e. The molecule has 98 valence electrons. The van der Waals surface area contributed by atoms with Crippen molar-refractivity contribution in [1.29, 1.82) is 0 Å². The minimum atomic E-state index is 0. The third-order valence-electron chi connectivity index (χ3n) is 2.51. The van der Waals surface area contributed by atoms with Crippen molar-refractivity contribution in [2.75, 3.05) is 0 Å². The van der Waals surface area contributed by atoms with Gasteiger partial charge < -0.3 is 22.2 Å². The van der Waals surface area contributed by atoms with Crippen LogP contribution >= 0.6 is 0 Å². The third kappa shape index (κ3) is 4.30. The van der Waals surface area contributed by atoms with Gasteiger partial charge in [0.1, 0.15) is 0 Å². The van der Waals surface area contributed by atoms with Gasteiger partial charge in [0.25, 0.3) is 0 Å². The van der Waals surface area contributed by atoms with E-state index in [1.54, 1.807) is 41.2 Å². The van der Waals surface area contributed by atoms with Crippen molar-refractivity contribution in [3.05, 3.63) is 66.0 Å². The highest BCUT2D eigenvalue weighted by Crippen LogP contribution is 2.00. The molecule has 0 amide bonds. The largest absolute Gasteiger partial charge is 1.00 e. The van der Waals surface area contributed by atoms with Crippen LogP contribution in [0.2, 0.25) is 0 Å². The van der Waals surface area contributed by atoms with Crippen LogP contribution in [-0.2, 0) is 6.54 Å². The number of halogens is 1. The second-order valence-electron chi connectivity index (χ2n) is 3.84. The molecule has 0 bridgehead atoms. The lowest BCUT2D eigenvalue weighted by Gasteiger charge is -1.98. The highest BCUT2D eigenvalue weighted by molar-refractivity contribution is 5.94. The number of nitrogens with zero attached hydrogens (tertiary/aromatic N) is 2. The molecule has 0 saturated heterocycles. The quantitative estimate of drug-likeness (QED) is 0.249. The van der Waals surface area contributed by atoms with Crippen LogP contribution in [0.1, 0.15) is 15.9 Å². The Labute approximate surface area is 121 Å². The van der Waals surface area contributed by atoms with E-state index in [0.717, 1.165) is 5.56 Å². The molecule has 0 atom stereocenters. The normalized spacial score (nSPS) is 10.1. The van der Waals surface area contributed by atoms with Gasteiger partial charge in [-0.3, -0.25) is 4.79 Å². The summed E-state index contributed by atoms with van der Waals surface area (Å²) in [5.74, 6) is 0.0405. The van der Waals surface area contributed by atoms with E-state index in [4.69, 9.17) is 5.21 Å². The minimum absolute atomic E-state index is 0. The molecule has 1 heterocycles. The summed E-state index contributed by atoms with van der Waals surface area (Å²) >= 11 is 0. The first-order chi connectivity index (χ1) is 8.79. The number of rotatable bonds is 4. The molecule has 19 heavy (non-hydrogen) atoms. The van der Waals surface area contributed by atoms with Crippen molar-refractivity contribution in [2.45, 2.75) is 6.54 Å². The maximum Gasteiger partial charge on any atom is 0.227 e. The molecule has 0 radical (unpaired) electrons. The zero-order valence-corrected chi connectivity index (χ0v) is 11.7. The number of hydrogen-bond donors (Lipinski definition) is 1. The summed E-state index contributed by atoms with van der Waals surface area (Å²) in [6, 6.07) is 12.7. The van der Waals surface area contributed by atoms with Gasteiger partial charge >= 0.3 is 0 Å². The molecule has 5 heteroatoms. The monoisotopic (exact) mass is 320 g/mol. The third-order valence-corrected chi connectivity index (χ3v) is 2.51. The van der Waals surface area contributed by atoms with Crippen LogP contribution in [0.3, 0.4) is 0 Å². The Morgan fingerprint density at radius 3 is 2.63 bits per heavy atom. The summed E-state index contributed by atoms with van der Waals surface area (Å²) in [4.78, 5) is 12.0. The molecule has 0 aliphatic heterocycles. The fourth-order valence-electron chi connectivity index (χ4n) is 1.66. The Morgan fingerprint density at radius 1 is 1.21 bits per heavy atom. The molecule has 0 spiro atoms. The van der Waals surface area contributed by atoms with Crippen LogP contribution in [0, 0.1) is 0 Å². The number of benzene rings is 1. The average Bonchev–Trinajstić information content (AvgIpc) is 2.40. The molecule has 1 aromatic carbocycles. The van der Waals surface area contributed by atoms with E-state index in [-0.39, 0.29) is 29.3 Å². The Morgan fingerprint density at radius 2 is 1.95 bits per heavy atom. The first kappa shape index (κ1) is 15.0. The van der Waals surface area contributed by atoms with E-state index >= 15 is 0 Å². The summed E-state index contributed by atoms with van der Waals surface area (Å²) in [5, 5.41) is 11.4. The van der Waals surface area contributed by atoms with Crippen molar-refractivity contribution < 1.29 is 31.6 Å². The van der Waals surface area contributed by atoms with Gasteiger partial charge in [0.15, 0.2) is 12.4 Å². The molecule has 0 saturated carbocycles. The van der Waals surface area contributed by atoms with E-state index in [2.05, 4.69) is 5.16 Å². The van der Waals surface area contributed by atoms with Crippen molar-refractivity contribution in [1.82, 2.24) is 0 Å². The van der Waals surface area contributed by atoms with Crippen molar-refractivity contribution >= 4 is 12.0 Å². The van der Waals surface area contributed by atoms with Crippen LogP contribution in [0.4, 0.5) is 0 Å². The zero-order valence-electron chi connectivity index (χ0n) is 10.1. The predicted octanol–water partition coefficient (Wildman–Crippen LogP) is -1.33. The van der Waals surface area contributed by atoms with Crippen molar-refractivity contribution in [3.8, 4) is 0 Å². The molecule has 4 nitrogen and oxygen atoms in total. The van der Waals surface area contributed by atoms with Gasteiger partial charge in [-0.2, -0.15) is 4.57 Å². The van der Waals surface area contributed by atoms with Crippen molar-refractivity contribution in [2.24, 2.45) is 5.16 Å².